The third-order valence-electron chi connectivity index (χ3n) is 4.76. The summed E-state index contributed by atoms with van der Waals surface area (Å²) < 4.78 is 0. The van der Waals surface area contributed by atoms with Crippen LogP contribution in [-0.2, 0) is 0 Å². The molecule has 2 unspecified atom stereocenters. The third kappa shape index (κ3) is 2.75. The fourth-order valence-electron chi connectivity index (χ4n) is 3.31. The van der Waals surface area contributed by atoms with Crippen molar-refractivity contribution in [3.8, 4) is 0 Å². The average Bonchev–Trinajstić information content (AvgIpc) is 2.22. The SMILES string of the molecule is CCC(C)C[C@]1(N)C(C)CCC[C@@H]1CC. The van der Waals surface area contributed by atoms with Crippen molar-refractivity contribution in [2.75, 3.05) is 0 Å². The van der Waals surface area contributed by atoms with Gasteiger partial charge in [-0.2, -0.15) is 0 Å². The molecule has 0 bridgehead atoms. The highest BCUT2D eigenvalue weighted by atomic mass is 14.8. The predicted molar refractivity (Wildman–Crippen MR) is 67.8 cm³/mol. The number of nitrogens with two attached hydrogens (primary N) is 1. The highest BCUT2D eigenvalue weighted by Gasteiger charge is 2.41. The van der Waals surface area contributed by atoms with E-state index in [0.717, 1.165) is 11.8 Å². The van der Waals surface area contributed by atoms with Gasteiger partial charge >= 0.3 is 0 Å². The minimum absolute atomic E-state index is 0.127. The van der Waals surface area contributed by atoms with E-state index in [0.29, 0.717) is 5.92 Å². The highest BCUT2D eigenvalue weighted by molar-refractivity contribution is 4.98. The van der Waals surface area contributed by atoms with E-state index in [1.165, 1.54) is 38.5 Å². The van der Waals surface area contributed by atoms with Gasteiger partial charge in [-0.05, 0) is 37.0 Å². The van der Waals surface area contributed by atoms with Crippen molar-refractivity contribution in [1.82, 2.24) is 0 Å². The molecule has 0 saturated heterocycles. The van der Waals surface area contributed by atoms with E-state index in [-0.39, 0.29) is 5.54 Å². The summed E-state index contributed by atoms with van der Waals surface area (Å²) in [5.41, 5.74) is 6.86. The van der Waals surface area contributed by atoms with Crippen LogP contribution in [0.25, 0.3) is 0 Å². The molecule has 2 N–H and O–H groups in total. The van der Waals surface area contributed by atoms with Gasteiger partial charge < -0.3 is 5.73 Å². The zero-order valence-corrected chi connectivity index (χ0v) is 11.1. The zero-order valence-electron chi connectivity index (χ0n) is 11.1. The average molecular weight is 211 g/mol. The summed E-state index contributed by atoms with van der Waals surface area (Å²) in [7, 11) is 0. The van der Waals surface area contributed by atoms with E-state index in [1.54, 1.807) is 0 Å². The summed E-state index contributed by atoms with van der Waals surface area (Å²) in [5, 5.41) is 0. The van der Waals surface area contributed by atoms with Crippen LogP contribution in [0.4, 0.5) is 0 Å². The highest BCUT2D eigenvalue weighted by Crippen LogP contribution is 2.42. The molecule has 0 aromatic heterocycles. The van der Waals surface area contributed by atoms with Gasteiger partial charge in [0.2, 0.25) is 0 Å². The predicted octanol–water partition coefficient (Wildman–Crippen LogP) is 3.97. The van der Waals surface area contributed by atoms with Crippen LogP contribution < -0.4 is 5.73 Å². The van der Waals surface area contributed by atoms with Gasteiger partial charge in [-0.25, -0.2) is 0 Å². The fourth-order valence-corrected chi connectivity index (χ4v) is 3.31. The van der Waals surface area contributed by atoms with Gasteiger partial charge in [-0.1, -0.05) is 47.0 Å². The molecule has 1 heteroatoms. The Balaban J connectivity index is 2.73. The maximum atomic E-state index is 6.73. The smallest absolute Gasteiger partial charge is 0.0211 e. The summed E-state index contributed by atoms with van der Waals surface area (Å²) in [6, 6.07) is 0. The molecule has 0 aliphatic heterocycles. The van der Waals surface area contributed by atoms with Crippen LogP contribution in [0.3, 0.4) is 0 Å². The van der Waals surface area contributed by atoms with Gasteiger partial charge in [-0.15, -0.1) is 0 Å². The second kappa shape index (κ2) is 5.34. The Morgan fingerprint density at radius 2 is 2.00 bits per heavy atom. The van der Waals surface area contributed by atoms with Crippen molar-refractivity contribution in [2.24, 2.45) is 23.5 Å². The Morgan fingerprint density at radius 1 is 1.33 bits per heavy atom. The Kier molecular flexibility index (Phi) is 4.64. The third-order valence-corrected chi connectivity index (χ3v) is 4.76. The molecule has 1 rings (SSSR count). The van der Waals surface area contributed by atoms with Crippen LogP contribution in [0.1, 0.15) is 66.2 Å². The molecule has 0 radical (unpaired) electrons. The first-order chi connectivity index (χ1) is 7.04. The lowest BCUT2D eigenvalue weighted by Gasteiger charge is -2.47. The van der Waals surface area contributed by atoms with Crippen molar-refractivity contribution in [3.05, 3.63) is 0 Å². The van der Waals surface area contributed by atoms with Crippen LogP contribution in [0.5, 0.6) is 0 Å². The van der Waals surface area contributed by atoms with Gasteiger partial charge in [0.1, 0.15) is 0 Å². The lowest BCUT2D eigenvalue weighted by molar-refractivity contribution is 0.0916. The minimum Gasteiger partial charge on any atom is -0.325 e. The normalized spacial score (nSPS) is 39.0. The molecule has 0 heterocycles. The van der Waals surface area contributed by atoms with Gasteiger partial charge in [0, 0.05) is 5.54 Å². The Labute approximate surface area is 95.8 Å². The van der Waals surface area contributed by atoms with E-state index in [4.69, 9.17) is 5.73 Å². The maximum Gasteiger partial charge on any atom is 0.0211 e. The summed E-state index contributed by atoms with van der Waals surface area (Å²) in [6.45, 7) is 9.30. The Hall–Kier alpha value is -0.0400. The first-order valence-corrected chi connectivity index (χ1v) is 6.83. The van der Waals surface area contributed by atoms with Crippen molar-refractivity contribution >= 4 is 0 Å². The van der Waals surface area contributed by atoms with Gasteiger partial charge in [-0.3, -0.25) is 0 Å². The van der Waals surface area contributed by atoms with Crippen molar-refractivity contribution in [2.45, 2.75) is 71.8 Å². The standard InChI is InChI=1S/C14H29N/c1-5-11(3)10-14(15)12(4)8-7-9-13(14)6-2/h11-13H,5-10,15H2,1-4H3/t11?,12?,13-,14-/m0/s1. The molecule has 1 saturated carbocycles. The summed E-state index contributed by atoms with van der Waals surface area (Å²) >= 11 is 0. The monoisotopic (exact) mass is 211 g/mol. The van der Waals surface area contributed by atoms with E-state index in [1.807, 2.05) is 0 Å². The molecule has 1 aliphatic rings. The van der Waals surface area contributed by atoms with Crippen LogP contribution >= 0.6 is 0 Å². The molecule has 0 spiro atoms. The zero-order chi connectivity index (χ0) is 11.5. The largest absolute Gasteiger partial charge is 0.325 e. The summed E-state index contributed by atoms with van der Waals surface area (Å²) in [5.74, 6) is 2.25. The molecule has 1 nitrogen and oxygen atoms in total. The molecule has 0 aromatic rings. The second-order valence-corrected chi connectivity index (χ2v) is 5.77. The van der Waals surface area contributed by atoms with Crippen LogP contribution in [0.15, 0.2) is 0 Å². The van der Waals surface area contributed by atoms with E-state index in [2.05, 4.69) is 27.7 Å². The molecular weight excluding hydrogens is 182 g/mol. The first kappa shape index (κ1) is 13.0. The van der Waals surface area contributed by atoms with E-state index < -0.39 is 0 Å². The maximum absolute atomic E-state index is 6.73. The second-order valence-electron chi connectivity index (χ2n) is 5.77. The lowest BCUT2D eigenvalue weighted by Crippen LogP contribution is -2.55. The molecule has 4 atom stereocenters. The quantitative estimate of drug-likeness (QED) is 0.748. The Morgan fingerprint density at radius 3 is 2.53 bits per heavy atom. The summed E-state index contributed by atoms with van der Waals surface area (Å²) in [6.07, 6.45) is 7.83. The van der Waals surface area contributed by atoms with Gasteiger partial charge in [0.05, 0.1) is 0 Å². The minimum atomic E-state index is 0.127. The molecule has 90 valence electrons. The number of rotatable bonds is 4. The van der Waals surface area contributed by atoms with Crippen molar-refractivity contribution in [1.29, 1.82) is 0 Å². The fraction of sp³-hybridized carbons (Fsp3) is 1.00. The molecule has 0 amide bonds. The van der Waals surface area contributed by atoms with Crippen LogP contribution in [0.2, 0.25) is 0 Å². The van der Waals surface area contributed by atoms with Crippen LogP contribution in [0, 0.1) is 17.8 Å². The molecule has 1 aliphatic carbocycles. The van der Waals surface area contributed by atoms with E-state index in [9.17, 15) is 0 Å². The summed E-state index contributed by atoms with van der Waals surface area (Å²) in [4.78, 5) is 0. The van der Waals surface area contributed by atoms with Gasteiger partial charge in [0.15, 0.2) is 0 Å². The van der Waals surface area contributed by atoms with E-state index >= 15 is 0 Å². The topological polar surface area (TPSA) is 26.0 Å². The number of hydrogen-bond acceptors (Lipinski definition) is 1. The van der Waals surface area contributed by atoms with Crippen LogP contribution in [-0.4, -0.2) is 5.54 Å². The van der Waals surface area contributed by atoms with Crippen molar-refractivity contribution < 1.29 is 0 Å². The van der Waals surface area contributed by atoms with Crippen molar-refractivity contribution in [3.63, 3.8) is 0 Å². The molecular formula is C14H29N. The number of hydrogen-bond donors (Lipinski definition) is 1. The molecule has 1 fully saturated rings. The first-order valence-electron chi connectivity index (χ1n) is 6.83. The molecule has 15 heavy (non-hydrogen) atoms. The lowest BCUT2D eigenvalue weighted by atomic mass is 9.63. The van der Waals surface area contributed by atoms with Gasteiger partial charge in [0.25, 0.3) is 0 Å². The Bertz CT molecular complexity index is 190. The molecule has 0 aromatic carbocycles.